The molecule has 2 N–H and O–H groups in total. The second kappa shape index (κ2) is 7.78. The average molecular weight is 435 g/mol. The van der Waals surface area contributed by atoms with E-state index >= 15 is 0 Å². The highest BCUT2D eigenvalue weighted by Gasteiger charge is 2.64. The van der Waals surface area contributed by atoms with Gasteiger partial charge in [-0.25, -0.2) is 0 Å². The fourth-order valence-corrected chi connectivity index (χ4v) is 7.97. The molecular formula is C25H35ClO4. The van der Waals surface area contributed by atoms with Crippen LogP contribution in [-0.4, -0.2) is 33.4 Å². The summed E-state index contributed by atoms with van der Waals surface area (Å²) >= 11 is 6.06. The van der Waals surface area contributed by atoms with Crippen LogP contribution < -0.4 is 0 Å². The van der Waals surface area contributed by atoms with Gasteiger partial charge < -0.3 is 10.2 Å². The maximum Gasteiger partial charge on any atom is 0.303 e. The molecule has 4 aliphatic rings. The summed E-state index contributed by atoms with van der Waals surface area (Å²) in [6, 6.07) is 0. The predicted octanol–water partition coefficient (Wildman–Crippen LogP) is 5.14. The third-order valence-electron chi connectivity index (χ3n) is 9.51. The molecular weight excluding hydrogens is 400 g/mol. The molecule has 5 heteroatoms. The number of fused-ring (bicyclic) bond motifs is 5. The first-order chi connectivity index (χ1) is 14.1. The first-order valence-corrected chi connectivity index (χ1v) is 12.1. The molecule has 0 aromatic carbocycles. The summed E-state index contributed by atoms with van der Waals surface area (Å²) in [4.78, 5) is 23.3. The van der Waals surface area contributed by atoms with Crippen molar-refractivity contribution in [1.29, 1.82) is 0 Å². The van der Waals surface area contributed by atoms with Gasteiger partial charge in [0.05, 0.1) is 5.60 Å². The fraction of sp³-hybridized carbons (Fsp3) is 0.760. The van der Waals surface area contributed by atoms with Gasteiger partial charge in [0, 0.05) is 17.7 Å². The maximum absolute atomic E-state index is 12.1. The van der Waals surface area contributed by atoms with Gasteiger partial charge in [0.15, 0.2) is 5.78 Å². The van der Waals surface area contributed by atoms with Crippen molar-refractivity contribution in [3.05, 3.63) is 23.8 Å². The first kappa shape index (κ1) is 22.1. The molecule has 4 rings (SSSR count). The Morgan fingerprint density at radius 3 is 2.67 bits per heavy atom. The van der Waals surface area contributed by atoms with Crippen LogP contribution in [0, 0.1) is 34.5 Å². The highest BCUT2D eigenvalue weighted by atomic mass is 35.5. The van der Waals surface area contributed by atoms with Gasteiger partial charge in [0.2, 0.25) is 0 Å². The minimum Gasteiger partial charge on any atom is -0.481 e. The summed E-state index contributed by atoms with van der Waals surface area (Å²) in [6.07, 6.45) is 12.7. The number of allylic oxidation sites excluding steroid dienone is 4. The van der Waals surface area contributed by atoms with E-state index in [0.29, 0.717) is 42.4 Å². The van der Waals surface area contributed by atoms with Gasteiger partial charge in [0.25, 0.3) is 0 Å². The van der Waals surface area contributed by atoms with E-state index in [9.17, 15) is 19.8 Å². The minimum atomic E-state index is -0.895. The molecule has 30 heavy (non-hydrogen) atoms. The molecule has 3 fully saturated rings. The summed E-state index contributed by atoms with van der Waals surface area (Å²) in [5.41, 5.74) is 0.0554. The normalized spacial score (nSPS) is 44.8. The molecule has 0 spiro atoms. The number of halogens is 1. The Bertz CT molecular complexity index is 788. The third-order valence-corrected chi connectivity index (χ3v) is 9.78. The van der Waals surface area contributed by atoms with Crippen molar-refractivity contribution in [1.82, 2.24) is 0 Å². The number of carbonyl (C=O) groups is 2. The fourth-order valence-electron chi connectivity index (χ4n) is 7.82. The Morgan fingerprint density at radius 2 is 1.97 bits per heavy atom. The van der Waals surface area contributed by atoms with E-state index in [1.54, 1.807) is 6.08 Å². The lowest BCUT2D eigenvalue weighted by molar-refractivity contribution is -0.149. The lowest BCUT2D eigenvalue weighted by Gasteiger charge is -2.60. The number of carboxylic acids is 1. The highest BCUT2D eigenvalue weighted by Crippen LogP contribution is 2.69. The molecule has 0 amide bonds. The minimum absolute atomic E-state index is 0.0258. The Balaban J connectivity index is 1.69. The molecule has 3 saturated carbocycles. The summed E-state index contributed by atoms with van der Waals surface area (Å²) < 4.78 is 0. The highest BCUT2D eigenvalue weighted by molar-refractivity contribution is 6.17. The number of ketones is 1. The van der Waals surface area contributed by atoms with Crippen molar-refractivity contribution in [2.24, 2.45) is 34.5 Å². The molecule has 166 valence electrons. The van der Waals surface area contributed by atoms with Gasteiger partial charge in [0.1, 0.15) is 0 Å². The number of alkyl halides is 1. The quantitative estimate of drug-likeness (QED) is 0.568. The van der Waals surface area contributed by atoms with Crippen LogP contribution in [0.2, 0.25) is 0 Å². The Morgan fingerprint density at radius 1 is 1.23 bits per heavy atom. The Labute approximate surface area is 184 Å². The zero-order chi connectivity index (χ0) is 21.7. The number of rotatable bonds is 6. The molecule has 0 unspecified atom stereocenters. The number of aliphatic hydroxyl groups is 1. The number of hydrogen-bond acceptors (Lipinski definition) is 3. The topological polar surface area (TPSA) is 74.6 Å². The first-order valence-electron chi connectivity index (χ1n) is 11.6. The van der Waals surface area contributed by atoms with E-state index < -0.39 is 11.6 Å². The second-order valence-corrected chi connectivity index (χ2v) is 11.1. The standard InChI is InChI=1S/C25H35ClO4/c1-23-9-5-18(27)15-17(23)14-16(4-3-13-26)22-19(23)6-10-24(2)20(22)7-11-25(24,30)12-8-21(28)29/h5,9,15-16,19-20,22,30H,3-4,6-8,10-14H2,1-2H3,(H,28,29)/t16-,19+,20+,22-,23+,24+,25+/m1/s1. The lowest BCUT2D eigenvalue weighted by Crippen LogP contribution is -2.56. The lowest BCUT2D eigenvalue weighted by atomic mass is 9.44. The van der Waals surface area contributed by atoms with Crippen LogP contribution >= 0.6 is 11.6 Å². The van der Waals surface area contributed by atoms with E-state index in [1.807, 2.05) is 6.08 Å². The van der Waals surface area contributed by atoms with Crippen molar-refractivity contribution in [2.45, 2.75) is 77.2 Å². The van der Waals surface area contributed by atoms with E-state index in [0.717, 1.165) is 38.5 Å². The number of carboxylic acid groups (broad SMARTS) is 1. The molecule has 0 bridgehead atoms. The summed E-state index contributed by atoms with van der Waals surface area (Å²) in [6.45, 7) is 4.51. The summed E-state index contributed by atoms with van der Waals surface area (Å²) in [7, 11) is 0. The molecule has 0 saturated heterocycles. The zero-order valence-electron chi connectivity index (χ0n) is 18.2. The van der Waals surface area contributed by atoms with Crippen LogP contribution in [-0.2, 0) is 9.59 Å². The van der Waals surface area contributed by atoms with Gasteiger partial charge in [-0.1, -0.05) is 25.5 Å². The SMILES string of the molecule is C[C@]12C=CC(=O)C=C1C[C@@H](CCCCl)[C@@H]1[C@@H]2CC[C@@]2(C)[C@H]1CC[C@]2(O)CCC(=O)O. The molecule has 7 atom stereocenters. The van der Waals surface area contributed by atoms with Crippen molar-refractivity contribution >= 4 is 23.4 Å². The Kier molecular flexibility index (Phi) is 5.72. The number of carbonyl (C=O) groups excluding carboxylic acids is 1. The second-order valence-electron chi connectivity index (χ2n) is 10.7. The molecule has 4 nitrogen and oxygen atoms in total. The molecule has 4 aliphatic carbocycles. The molecule has 0 aliphatic heterocycles. The predicted molar refractivity (Wildman–Crippen MR) is 117 cm³/mol. The van der Waals surface area contributed by atoms with E-state index in [4.69, 9.17) is 11.6 Å². The van der Waals surface area contributed by atoms with Gasteiger partial charge in [-0.3, -0.25) is 9.59 Å². The third kappa shape index (κ3) is 3.30. The summed E-state index contributed by atoms with van der Waals surface area (Å²) in [5.74, 6) is 1.71. The molecule has 0 radical (unpaired) electrons. The van der Waals surface area contributed by atoms with Crippen LogP contribution in [0.1, 0.15) is 71.6 Å². The van der Waals surface area contributed by atoms with Crippen molar-refractivity contribution < 1.29 is 19.8 Å². The van der Waals surface area contributed by atoms with Crippen LogP contribution in [0.5, 0.6) is 0 Å². The van der Waals surface area contributed by atoms with E-state index in [1.165, 1.54) is 5.57 Å². The number of hydrogen-bond donors (Lipinski definition) is 2. The van der Waals surface area contributed by atoms with E-state index in [-0.39, 0.29) is 23.0 Å². The Hall–Kier alpha value is -1.13. The average Bonchev–Trinajstić information content (AvgIpc) is 2.97. The van der Waals surface area contributed by atoms with Gasteiger partial charge in [-0.15, -0.1) is 11.6 Å². The van der Waals surface area contributed by atoms with Crippen LogP contribution in [0.4, 0.5) is 0 Å². The van der Waals surface area contributed by atoms with Crippen LogP contribution in [0.25, 0.3) is 0 Å². The summed E-state index contributed by atoms with van der Waals surface area (Å²) in [5, 5.41) is 20.8. The molecule has 0 aromatic heterocycles. The smallest absolute Gasteiger partial charge is 0.303 e. The molecule has 0 aromatic rings. The maximum atomic E-state index is 12.1. The zero-order valence-corrected chi connectivity index (χ0v) is 19.0. The van der Waals surface area contributed by atoms with Crippen molar-refractivity contribution in [3.8, 4) is 0 Å². The van der Waals surface area contributed by atoms with Crippen molar-refractivity contribution in [2.75, 3.05) is 5.88 Å². The number of aliphatic carboxylic acids is 1. The largest absolute Gasteiger partial charge is 0.481 e. The molecule has 0 heterocycles. The van der Waals surface area contributed by atoms with Crippen molar-refractivity contribution in [3.63, 3.8) is 0 Å². The van der Waals surface area contributed by atoms with Gasteiger partial charge in [-0.05, 0) is 92.6 Å². The monoisotopic (exact) mass is 434 g/mol. The van der Waals surface area contributed by atoms with Crippen LogP contribution in [0.3, 0.4) is 0 Å². The van der Waals surface area contributed by atoms with E-state index in [2.05, 4.69) is 19.9 Å². The van der Waals surface area contributed by atoms with Gasteiger partial charge in [-0.2, -0.15) is 0 Å². The van der Waals surface area contributed by atoms with Gasteiger partial charge >= 0.3 is 5.97 Å². The van der Waals surface area contributed by atoms with Crippen LogP contribution in [0.15, 0.2) is 23.8 Å².